The van der Waals surface area contributed by atoms with E-state index >= 15 is 0 Å². The first-order valence-corrected chi connectivity index (χ1v) is 12.0. The number of fused-ring (bicyclic) bond motifs is 1. The van der Waals surface area contributed by atoms with Gasteiger partial charge < -0.3 is 9.80 Å². The van der Waals surface area contributed by atoms with Gasteiger partial charge in [-0.2, -0.15) is 0 Å². The Labute approximate surface area is 179 Å². The minimum atomic E-state index is 0.664. The Morgan fingerprint density at radius 2 is 1.27 bits per heavy atom. The van der Waals surface area contributed by atoms with Crippen LogP contribution < -0.4 is 9.80 Å². The molecule has 4 aliphatic heterocycles. The Morgan fingerprint density at radius 1 is 0.700 bits per heavy atom. The van der Waals surface area contributed by atoms with Crippen LogP contribution in [0.15, 0.2) is 18.3 Å². The molecule has 2 atom stereocenters. The van der Waals surface area contributed by atoms with Crippen LogP contribution in [0.3, 0.4) is 0 Å². The van der Waals surface area contributed by atoms with Gasteiger partial charge >= 0.3 is 0 Å². The van der Waals surface area contributed by atoms with Crippen molar-refractivity contribution in [2.24, 2.45) is 0 Å². The summed E-state index contributed by atoms with van der Waals surface area (Å²) in [4.78, 5) is 25.1. The van der Waals surface area contributed by atoms with Crippen molar-refractivity contribution < 1.29 is 0 Å². The van der Waals surface area contributed by atoms with Crippen molar-refractivity contribution in [1.82, 2.24) is 24.8 Å². The summed E-state index contributed by atoms with van der Waals surface area (Å²) in [7, 11) is 0. The van der Waals surface area contributed by atoms with Crippen molar-refractivity contribution >= 4 is 22.8 Å². The summed E-state index contributed by atoms with van der Waals surface area (Å²) in [5, 5.41) is 0. The van der Waals surface area contributed by atoms with Crippen molar-refractivity contribution in [2.75, 3.05) is 62.2 Å². The van der Waals surface area contributed by atoms with Gasteiger partial charge in [0, 0.05) is 44.5 Å². The molecule has 0 saturated carbocycles. The molecule has 2 unspecified atom stereocenters. The summed E-state index contributed by atoms with van der Waals surface area (Å²) in [6.07, 6.45) is 9.72. The molecule has 7 heteroatoms. The van der Waals surface area contributed by atoms with Gasteiger partial charge in [-0.15, -0.1) is 0 Å². The second kappa shape index (κ2) is 7.93. The molecule has 2 aromatic heterocycles. The van der Waals surface area contributed by atoms with Crippen molar-refractivity contribution in [3.8, 4) is 0 Å². The van der Waals surface area contributed by atoms with Gasteiger partial charge in [0.25, 0.3) is 0 Å². The Bertz CT molecular complexity index is 818. The lowest BCUT2D eigenvalue weighted by Crippen LogP contribution is -2.37. The van der Waals surface area contributed by atoms with E-state index < -0.39 is 0 Å². The first kappa shape index (κ1) is 18.8. The van der Waals surface area contributed by atoms with Gasteiger partial charge in [0.15, 0.2) is 17.3 Å². The fraction of sp³-hybridized carbons (Fsp3) is 0.696. The molecule has 30 heavy (non-hydrogen) atoms. The number of rotatable bonds is 4. The second-order valence-corrected chi connectivity index (χ2v) is 9.48. The molecule has 0 bridgehead atoms. The van der Waals surface area contributed by atoms with Gasteiger partial charge in [0.2, 0.25) is 0 Å². The maximum Gasteiger partial charge on any atom is 0.180 e. The third-order valence-electron chi connectivity index (χ3n) is 7.64. The summed E-state index contributed by atoms with van der Waals surface area (Å²) in [6.45, 7) is 9.37. The van der Waals surface area contributed by atoms with Crippen LogP contribution in [0.25, 0.3) is 11.2 Å². The number of hydrogen-bond acceptors (Lipinski definition) is 7. The fourth-order valence-electron chi connectivity index (χ4n) is 5.98. The van der Waals surface area contributed by atoms with Gasteiger partial charge in [-0.05, 0) is 76.8 Å². The normalized spacial score (nSPS) is 28.4. The van der Waals surface area contributed by atoms with Crippen molar-refractivity contribution in [3.63, 3.8) is 0 Å². The standard InChI is InChI=1S/C23H33N7/c1-2-11-27(10-1)18-7-14-29(16-18)22-23(26-21-20(25-22)6-5-9-24-21)30-15-8-19(17-30)28-12-3-4-13-28/h5-6,9,18-19H,1-4,7-8,10-17H2. The molecule has 6 rings (SSSR count). The largest absolute Gasteiger partial charge is 0.352 e. The topological polar surface area (TPSA) is 51.6 Å². The average molecular weight is 408 g/mol. The van der Waals surface area contributed by atoms with Crippen LogP contribution >= 0.6 is 0 Å². The molecule has 2 aromatic rings. The smallest absolute Gasteiger partial charge is 0.180 e. The van der Waals surface area contributed by atoms with Gasteiger partial charge in [0.1, 0.15) is 5.52 Å². The summed E-state index contributed by atoms with van der Waals surface area (Å²) in [5.74, 6) is 2.14. The number of anilines is 2. The van der Waals surface area contributed by atoms with E-state index in [1.54, 1.807) is 0 Å². The molecule has 7 nitrogen and oxygen atoms in total. The van der Waals surface area contributed by atoms with Crippen molar-refractivity contribution in [3.05, 3.63) is 18.3 Å². The molecule has 4 aliphatic rings. The number of aromatic nitrogens is 3. The van der Waals surface area contributed by atoms with E-state index in [0.29, 0.717) is 12.1 Å². The maximum absolute atomic E-state index is 5.11. The van der Waals surface area contributed by atoms with Crippen LogP contribution in [0.5, 0.6) is 0 Å². The van der Waals surface area contributed by atoms with E-state index in [1.165, 1.54) is 64.7 Å². The number of pyridine rings is 1. The van der Waals surface area contributed by atoms with E-state index in [1.807, 2.05) is 18.3 Å². The number of hydrogen-bond donors (Lipinski definition) is 0. The minimum absolute atomic E-state index is 0.664. The predicted octanol–water partition coefficient (Wildman–Crippen LogP) is 2.37. The lowest BCUT2D eigenvalue weighted by Gasteiger charge is -2.28. The number of nitrogens with zero attached hydrogens (tertiary/aromatic N) is 7. The zero-order valence-corrected chi connectivity index (χ0v) is 17.9. The Kier molecular flexibility index (Phi) is 4.96. The Morgan fingerprint density at radius 3 is 1.87 bits per heavy atom. The molecular formula is C23H33N7. The van der Waals surface area contributed by atoms with Crippen LogP contribution in [0.4, 0.5) is 11.6 Å². The molecule has 4 fully saturated rings. The van der Waals surface area contributed by atoms with Gasteiger partial charge in [-0.25, -0.2) is 15.0 Å². The van der Waals surface area contributed by atoms with E-state index in [2.05, 4.69) is 24.6 Å². The molecule has 0 N–H and O–H groups in total. The van der Waals surface area contributed by atoms with Gasteiger partial charge in [-0.3, -0.25) is 9.80 Å². The van der Waals surface area contributed by atoms with Crippen LogP contribution in [0, 0.1) is 0 Å². The summed E-state index contributed by atoms with van der Waals surface area (Å²) in [6, 6.07) is 5.35. The molecule has 6 heterocycles. The fourth-order valence-corrected chi connectivity index (χ4v) is 5.98. The first-order valence-electron chi connectivity index (χ1n) is 12.0. The third-order valence-corrected chi connectivity index (χ3v) is 7.64. The zero-order valence-electron chi connectivity index (χ0n) is 17.9. The molecule has 0 spiro atoms. The molecule has 4 saturated heterocycles. The number of likely N-dealkylation sites (tertiary alicyclic amines) is 2. The van der Waals surface area contributed by atoms with Crippen LogP contribution in [-0.4, -0.2) is 89.2 Å². The van der Waals surface area contributed by atoms with E-state index in [-0.39, 0.29) is 0 Å². The highest BCUT2D eigenvalue weighted by Gasteiger charge is 2.35. The lowest BCUT2D eigenvalue weighted by molar-refractivity contribution is 0.260. The minimum Gasteiger partial charge on any atom is -0.352 e. The molecule has 160 valence electrons. The molecule has 0 aromatic carbocycles. The van der Waals surface area contributed by atoms with Crippen LogP contribution in [0.1, 0.15) is 38.5 Å². The quantitative estimate of drug-likeness (QED) is 0.771. The second-order valence-electron chi connectivity index (χ2n) is 9.48. The summed E-state index contributed by atoms with van der Waals surface area (Å²) < 4.78 is 0. The van der Waals surface area contributed by atoms with Crippen molar-refractivity contribution in [2.45, 2.75) is 50.6 Å². The molecule has 0 amide bonds. The Hall–Kier alpha value is -1.99. The van der Waals surface area contributed by atoms with Crippen molar-refractivity contribution in [1.29, 1.82) is 0 Å². The van der Waals surface area contributed by atoms with E-state index in [4.69, 9.17) is 9.97 Å². The monoisotopic (exact) mass is 407 g/mol. The highest BCUT2D eigenvalue weighted by molar-refractivity contribution is 5.78. The molecule has 0 aliphatic carbocycles. The third kappa shape index (κ3) is 3.42. The van der Waals surface area contributed by atoms with Crippen LogP contribution in [0.2, 0.25) is 0 Å². The van der Waals surface area contributed by atoms with Gasteiger partial charge in [-0.1, -0.05) is 0 Å². The summed E-state index contributed by atoms with van der Waals surface area (Å²) in [5.41, 5.74) is 1.69. The Balaban J connectivity index is 1.29. The van der Waals surface area contributed by atoms with Crippen LogP contribution in [-0.2, 0) is 0 Å². The highest BCUT2D eigenvalue weighted by Crippen LogP contribution is 2.34. The van der Waals surface area contributed by atoms with E-state index in [9.17, 15) is 0 Å². The zero-order chi connectivity index (χ0) is 19.9. The highest BCUT2D eigenvalue weighted by atomic mass is 15.3. The van der Waals surface area contributed by atoms with Gasteiger partial charge in [0.05, 0.1) is 0 Å². The van der Waals surface area contributed by atoms with E-state index in [0.717, 1.165) is 49.0 Å². The maximum atomic E-state index is 5.11. The first-order chi connectivity index (χ1) is 14.8. The predicted molar refractivity (Wildman–Crippen MR) is 120 cm³/mol. The molecular weight excluding hydrogens is 374 g/mol. The molecule has 0 radical (unpaired) electrons. The average Bonchev–Trinajstić information content (AvgIpc) is 3.58. The summed E-state index contributed by atoms with van der Waals surface area (Å²) >= 11 is 0. The lowest BCUT2D eigenvalue weighted by atomic mass is 10.2. The SMILES string of the molecule is c1cnc2nc(N3CCC(N4CCCC4)C3)c(N3CCC(N4CCCC4)C3)nc2c1.